The van der Waals surface area contributed by atoms with E-state index in [0.717, 1.165) is 18.4 Å². The molecule has 1 aromatic rings. The molecule has 2 rings (SSSR count). The van der Waals surface area contributed by atoms with Crippen LogP contribution in [0.4, 0.5) is 4.79 Å². The molecule has 2 N–H and O–H groups in total. The van der Waals surface area contributed by atoms with Crippen molar-refractivity contribution < 1.29 is 24.2 Å². The van der Waals surface area contributed by atoms with Gasteiger partial charge in [-0.25, -0.2) is 4.79 Å². The molecule has 1 aliphatic rings. The summed E-state index contributed by atoms with van der Waals surface area (Å²) in [6, 6.07) is 5.24. The lowest BCUT2D eigenvalue weighted by Gasteiger charge is -2.24. The number of urea groups is 1. The maximum absolute atomic E-state index is 12.4. The van der Waals surface area contributed by atoms with Crippen LogP contribution in [0.5, 0.6) is 11.5 Å². The molecule has 1 fully saturated rings. The van der Waals surface area contributed by atoms with Gasteiger partial charge in [-0.1, -0.05) is 0 Å². The number of benzene rings is 1. The van der Waals surface area contributed by atoms with E-state index in [0.29, 0.717) is 30.5 Å². The molecule has 1 aliphatic carbocycles. The lowest BCUT2D eigenvalue weighted by atomic mass is 10.1. The smallest absolute Gasteiger partial charge is 0.317 e. The molecule has 7 heteroatoms. The average Bonchev–Trinajstić information content (AvgIpc) is 3.38. The monoisotopic (exact) mass is 336 g/mol. The fraction of sp³-hybridized carbons (Fsp3) is 0.529. The maximum Gasteiger partial charge on any atom is 0.317 e. The number of amides is 2. The Bertz CT molecular complexity index is 586. The second kappa shape index (κ2) is 8.42. The van der Waals surface area contributed by atoms with E-state index in [4.69, 9.17) is 14.6 Å². The van der Waals surface area contributed by atoms with Crippen molar-refractivity contribution in [3.8, 4) is 11.5 Å². The van der Waals surface area contributed by atoms with Gasteiger partial charge < -0.3 is 24.8 Å². The number of ether oxygens (including phenoxy) is 2. The van der Waals surface area contributed by atoms with Gasteiger partial charge in [0.1, 0.15) is 11.5 Å². The number of carbonyl (C=O) groups is 2. The van der Waals surface area contributed by atoms with E-state index in [1.165, 1.54) is 0 Å². The van der Waals surface area contributed by atoms with Crippen molar-refractivity contribution >= 4 is 12.0 Å². The molecule has 1 saturated carbocycles. The fourth-order valence-corrected chi connectivity index (χ4v) is 2.41. The SMILES string of the molecule is COc1ccc(CN(CC2CC2)C(=O)NCCC(=O)O)c(OC)c1. The molecule has 0 heterocycles. The van der Waals surface area contributed by atoms with Crippen molar-refractivity contribution in [2.75, 3.05) is 27.3 Å². The molecule has 2 amide bonds. The zero-order valence-corrected chi connectivity index (χ0v) is 14.1. The van der Waals surface area contributed by atoms with Crippen molar-refractivity contribution in [3.05, 3.63) is 23.8 Å². The molecular formula is C17H24N2O5. The van der Waals surface area contributed by atoms with Crippen molar-refractivity contribution in [3.63, 3.8) is 0 Å². The molecule has 24 heavy (non-hydrogen) atoms. The summed E-state index contributed by atoms with van der Waals surface area (Å²) in [7, 11) is 3.17. The minimum Gasteiger partial charge on any atom is -0.497 e. The number of nitrogens with one attached hydrogen (secondary N) is 1. The third-order valence-electron chi connectivity index (χ3n) is 3.93. The van der Waals surface area contributed by atoms with E-state index < -0.39 is 5.97 Å². The van der Waals surface area contributed by atoms with Gasteiger partial charge in [0.05, 0.1) is 27.2 Å². The van der Waals surface area contributed by atoms with Crippen LogP contribution < -0.4 is 14.8 Å². The van der Waals surface area contributed by atoms with Gasteiger partial charge in [0.25, 0.3) is 0 Å². The largest absolute Gasteiger partial charge is 0.497 e. The average molecular weight is 336 g/mol. The minimum absolute atomic E-state index is 0.0884. The van der Waals surface area contributed by atoms with E-state index in [1.54, 1.807) is 25.2 Å². The number of hydrogen-bond donors (Lipinski definition) is 2. The summed E-state index contributed by atoms with van der Waals surface area (Å²) in [5.74, 6) is 0.948. The zero-order chi connectivity index (χ0) is 17.5. The summed E-state index contributed by atoms with van der Waals surface area (Å²) >= 11 is 0. The van der Waals surface area contributed by atoms with Crippen molar-refractivity contribution in [1.29, 1.82) is 0 Å². The van der Waals surface area contributed by atoms with Gasteiger partial charge in [-0.2, -0.15) is 0 Å². The third-order valence-corrected chi connectivity index (χ3v) is 3.93. The minimum atomic E-state index is -0.930. The Hall–Kier alpha value is -2.44. The van der Waals surface area contributed by atoms with E-state index in [9.17, 15) is 9.59 Å². The van der Waals surface area contributed by atoms with Crippen LogP contribution in [0.3, 0.4) is 0 Å². The summed E-state index contributed by atoms with van der Waals surface area (Å²) in [6.45, 7) is 1.19. The predicted molar refractivity (Wildman–Crippen MR) is 88.3 cm³/mol. The molecule has 0 bridgehead atoms. The highest BCUT2D eigenvalue weighted by molar-refractivity contribution is 5.75. The Balaban J connectivity index is 2.04. The standard InChI is InChI=1S/C17H24N2O5/c1-23-14-6-5-13(15(9-14)24-2)11-19(10-12-3-4-12)17(22)18-8-7-16(20)21/h5-6,9,12H,3-4,7-8,10-11H2,1-2H3,(H,18,22)(H,20,21). The number of rotatable bonds is 9. The quantitative estimate of drug-likeness (QED) is 0.721. The van der Waals surface area contributed by atoms with Crippen LogP contribution in [0.2, 0.25) is 0 Å². The van der Waals surface area contributed by atoms with Gasteiger partial charge in [0, 0.05) is 24.7 Å². The second-order valence-electron chi connectivity index (χ2n) is 5.88. The first-order chi connectivity index (χ1) is 11.5. The summed E-state index contributed by atoms with van der Waals surface area (Å²) in [4.78, 5) is 24.7. The molecule has 0 radical (unpaired) electrons. The van der Waals surface area contributed by atoms with Gasteiger partial charge in [-0.15, -0.1) is 0 Å². The van der Waals surface area contributed by atoms with Crippen LogP contribution >= 0.6 is 0 Å². The first kappa shape index (κ1) is 17.9. The highest BCUT2D eigenvalue weighted by atomic mass is 16.5. The highest BCUT2D eigenvalue weighted by Gasteiger charge is 2.27. The number of carboxylic acid groups (broad SMARTS) is 1. The van der Waals surface area contributed by atoms with Crippen LogP contribution in [0.1, 0.15) is 24.8 Å². The maximum atomic E-state index is 12.4. The van der Waals surface area contributed by atoms with E-state index in [2.05, 4.69) is 5.32 Å². The van der Waals surface area contributed by atoms with Gasteiger partial charge in [-0.3, -0.25) is 4.79 Å². The number of carbonyl (C=O) groups excluding carboxylic acids is 1. The molecular weight excluding hydrogens is 312 g/mol. The predicted octanol–water partition coefficient (Wildman–Crippen LogP) is 2.10. The van der Waals surface area contributed by atoms with Gasteiger partial charge >= 0.3 is 12.0 Å². The lowest BCUT2D eigenvalue weighted by Crippen LogP contribution is -2.41. The molecule has 0 unspecified atom stereocenters. The lowest BCUT2D eigenvalue weighted by molar-refractivity contribution is -0.136. The van der Waals surface area contributed by atoms with Crippen LogP contribution in [-0.2, 0) is 11.3 Å². The molecule has 1 aromatic carbocycles. The third kappa shape index (κ3) is 5.33. The summed E-state index contributed by atoms with van der Waals surface area (Å²) in [6.07, 6.45) is 2.16. The van der Waals surface area contributed by atoms with E-state index in [1.807, 2.05) is 12.1 Å². The van der Waals surface area contributed by atoms with Crippen LogP contribution in [0.15, 0.2) is 18.2 Å². The molecule has 0 saturated heterocycles. The molecule has 0 aliphatic heterocycles. The number of aliphatic carboxylic acids is 1. The number of nitrogens with zero attached hydrogens (tertiary/aromatic N) is 1. The van der Waals surface area contributed by atoms with Gasteiger partial charge in [0.2, 0.25) is 0 Å². The second-order valence-corrected chi connectivity index (χ2v) is 5.88. The van der Waals surface area contributed by atoms with Crippen LogP contribution in [-0.4, -0.2) is 49.3 Å². The van der Waals surface area contributed by atoms with Crippen molar-refractivity contribution in [1.82, 2.24) is 10.2 Å². The molecule has 0 aromatic heterocycles. The topological polar surface area (TPSA) is 88.1 Å². The number of methoxy groups -OCH3 is 2. The normalized spacial score (nSPS) is 13.2. The first-order valence-corrected chi connectivity index (χ1v) is 7.99. The molecule has 0 spiro atoms. The number of hydrogen-bond acceptors (Lipinski definition) is 4. The number of carboxylic acids is 1. The summed E-state index contributed by atoms with van der Waals surface area (Å²) in [5.41, 5.74) is 0.882. The summed E-state index contributed by atoms with van der Waals surface area (Å²) in [5, 5.41) is 11.3. The van der Waals surface area contributed by atoms with Crippen LogP contribution in [0, 0.1) is 5.92 Å². The Morgan fingerprint density at radius 1 is 1.29 bits per heavy atom. The molecule has 7 nitrogen and oxygen atoms in total. The van der Waals surface area contributed by atoms with Crippen LogP contribution in [0.25, 0.3) is 0 Å². The highest BCUT2D eigenvalue weighted by Crippen LogP contribution is 2.31. The Labute approximate surface area is 141 Å². The molecule has 132 valence electrons. The Morgan fingerprint density at radius 3 is 2.62 bits per heavy atom. The first-order valence-electron chi connectivity index (χ1n) is 7.99. The zero-order valence-electron chi connectivity index (χ0n) is 14.1. The Kier molecular flexibility index (Phi) is 6.28. The van der Waals surface area contributed by atoms with Gasteiger partial charge in [-0.05, 0) is 30.9 Å². The van der Waals surface area contributed by atoms with E-state index in [-0.39, 0.29) is 19.0 Å². The van der Waals surface area contributed by atoms with Crippen molar-refractivity contribution in [2.45, 2.75) is 25.8 Å². The van der Waals surface area contributed by atoms with E-state index >= 15 is 0 Å². The fourth-order valence-electron chi connectivity index (χ4n) is 2.41. The summed E-state index contributed by atoms with van der Waals surface area (Å²) < 4.78 is 10.6. The molecule has 0 atom stereocenters. The van der Waals surface area contributed by atoms with Crippen molar-refractivity contribution in [2.24, 2.45) is 5.92 Å². The Morgan fingerprint density at radius 2 is 2.04 bits per heavy atom. The van der Waals surface area contributed by atoms with Gasteiger partial charge in [0.15, 0.2) is 0 Å².